The molecule has 38 heavy (non-hydrogen) atoms. The summed E-state index contributed by atoms with van der Waals surface area (Å²) >= 11 is 0. The van der Waals surface area contributed by atoms with E-state index in [-0.39, 0.29) is 5.91 Å². The Labute approximate surface area is 227 Å². The van der Waals surface area contributed by atoms with E-state index in [1.807, 2.05) is 37.3 Å². The second-order valence-corrected chi connectivity index (χ2v) is 9.87. The van der Waals surface area contributed by atoms with Crippen LogP contribution >= 0.6 is 0 Å². The molecule has 1 N–H and O–H groups in total. The van der Waals surface area contributed by atoms with Gasteiger partial charge in [-0.05, 0) is 68.3 Å². The van der Waals surface area contributed by atoms with Gasteiger partial charge in [-0.25, -0.2) is 9.97 Å². The van der Waals surface area contributed by atoms with Gasteiger partial charge in [-0.2, -0.15) is 0 Å². The number of hydrogen-bond donors (Lipinski definition) is 1. The maximum Gasteiger partial charge on any atom is 0.238 e. The van der Waals surface area contributed by atoms with E-state index in [0.29, 0.717) is 6.54 Å². The Kier molecular flexibility index (Phi) is 10.0. The van der Waals surface area contributed by atoms with Crippen LogP contribution in [0.4, 0.5) is 5.69 Å². The first-order chi connectivity index (χ1) is 18.5. The number of fused-ring (bicyclic) bond motifs is 1. The highest BCUT2D eigenvalue weighted by molar-refractivity contribution is 6.05. The van der Waals surface area contributed by atoms with Crippen LogP contribution in [0.15, 0.2) is 42.6 Å². The van der Waals surface area contributed by atoms with E-state index in [2.05, 4.69) is 44.9 Å². The second-order valence-electron chi connectivity index (χ2n) is 9.87. The molecule has 3 aromatic rings. The fourth-order valence-corrected chi connectivity index (χ4v) is 5.07. The van der Waals surface area contributed by atoms with E-state index in [9.17, 15) is 4.79 Å². The topological polar surface area (TPSA) is 73.8 Å². The Hall–Kier alpha value is -3.07. The first kappa shape index (κ1) is 28.0. The van der Waals surface area contributed by atoms with Gasteiger partial charge in [0.15, 0.2) is 0 Å². The van der Waals surface area contributed by atoms with Gasteiger partial charge in [-0.15, -0.1) is 0 Å². The number of aromatic nitrogens is 2. The highest BCUT2D eigenvalue weighted by atomic mass is 16.5. The number of nitrogens with one attached hydrogen (secondary N) is 1. The van der Waals surface area contributed by atoms with Crippen LogP contribution in [0.3, 0.4) is 0 Å². The second kappa shape index (κ2) is 13.6. The average molecular weight is 519 g/mol. The molecule has 1 saturated heterocycles. The van der Waals surface area contributed by atoms with Crippen LogP contribution in [-0.2, 0) is 11.2 Å². The normalized spacial score (nSPS) is 14.8. The van der Waals surface area contributed by atoms with Gasteiger partial charge in [-0.1, -0.05) is 26.8 Å². The van der Waals surface area contributed by atoms with Crippen molar-refractivity contribution >= 4 is 22.4 Å². The van der Waals surface area contributed by atoms with Crippen molar-refractivity contribution in [3.05, 3.63) is 48.4 Å². The van der Waals surface area contributed by atoms with E-state index >= 15 is 0 Å². The van der Waals surface area contributed by atoms with Gasteiger partial charge in [0.05, 0.1) is 19.3 Å². The van der Waals surface area contributed by atoms with Crippen LogP contribution in [0.5, 0.6) is 5.75 Å². The minimum absolute atomic E-state index is 0.00168. The van der Waals surface area contributed by atoms with E-state index in [4.69, 9.17) is 9.72 Å². The number of carbonyl (C=O) groups excluding carboxylic acids is 1. The molecule has 1 aromatic heterocycles. The molecule has 0 radical (unpaired) electrons. The zero-order valence-electron chi connectivity index (χ0n) is 23.4. The van der Waals surface area contributed by atoms with Crippen molar-refractivity contribution in [1.82, 2.24) is 24.7 Å². The molecule has 204 valence electrons. The monoisotopic (exact) mass is 518 g/mol. The number of piperazine rings is 1. The molecule has 8 heteroatoms. The summed E-state index contributed by atoms with van der Waals surface area (Å²) in [5, 5.41) is 5.16. The maximum atomic E-state index is 13.2. The number of nitrogens with zero attached hydrogens (tertiary/aromatic N) is 5. The molecule has 4 rings (SSSR count). The molecule has 2 heterocycles. The lowest BCUT2D eigenvalue weighted by atomic mass is 10.0. The molecule has 1 fully saturated rings. The van der Waals surface area contributed by atoms with Crippen molar-refractivity contribution in [3.8, 4) is 17.0 Å². The number of anilines is 1. The summed E-state index contributed by atoms with van der Waals surface area (Å²) in [5.74, 6) is 1.56. The lowest BCUT2D eigenvalue weighted by molar-refractivity contribution is -0.117. The van der Waals surface area contributed by atoms with Crippen LogP contribution in [0.25, 0.3) is 22.0 Å². The van der Waals surface area contributed by atoms with Gasteiger partial charge in [0.25, 0.3) is 0 Å². The number of methoxy groups -OCH3 is 1. The van der Waals surface area contributed by atoms with Crippen molar-refractivity contribution in [2.24, 2.45) is 0 Å². The van der Waals surface area contributed by atoms with Crippen LogP contribution in [0.2, 0.25) is 0 Å². The molecule has 0 atom stereocenters. The van der Waals surface area contributed by atoms with Crippen molar-refractivity contribution in [2.45, 2.75) is 33.6 Å². The van der Waals surface area contributed by atoms with E-state index in [1.54, 1.807) is 13.3 Å². The average Bonchev–Trinajstić information content (AvgIpc) is 2.96. The Morgan fingerprint density at radius 2 is 1.79 bits per heavy atom. The quantitative estimate of drug-likeness (QED) is 0.386. The summed E-state index contributed by atoms with van der Waals surface area (Å²) in [6.45, 7) is 15.2. The van der Waals surface area contributed by atoms with Gasteiger partial charge in [0.2, 0.25) is 5.91 Å². The van der Waals surface area contributed by atoms with Gasteiger partial charge < -0.3 is 19.9 Å². The highest BCUT2D eigenvalue weighted by Crippen LogP contribution is 2.33. The third-order valence-electron chi connectivity index (χ3n) is 7.43. The third-order valence-corrected chi connectivity index (χ3v) is 7.43. The summed E-state index contributed by atoms with van der Waals surface area (Å²) in [6.07, 6.45) is 3.76. The Balaban J connectivity index is 1.42. The lowest BCUT2D eigenvalue weighted by Gasteiger charge is -2.34. The molecule has 0 saturated carbocycles. The molecule has 1 aliphatic heterocycles. The predicted molar refractivity (Wildman–Crippen MR) is 155 cm³/mol. The minimum Gasteiger partial charge on any atom is -0.497 e. The highest BCUT2D eigenvalue weighted by Gasteiger charge is 2.20. The molecule has 0 bridgehead atoms. The Bertz CT molecular complexity index is 1200. The summed E-state index contributed by atoms with van der Waals surface area (Å²) in [4.78, 5) is 29.5. The Morgan fingerprint density at radius 1 is 1.03 bits per heavy atom. The SMILES string of the molecule is CCc1nccc(-c2cc(NC(=O)CN3CCN(CCCN(CC)CC)CC3)c3cc(OC)ccc3c2)n1. The number of carbonyl (C=O) groups is 1. The zero-order valence-corrected chi connectivity index (χ0v) is 23.4. The molecular weight excluding hydrogens is 476 g/mol. The number of ether oxygens (including phenoxy) is 1. The molecule has 1 aliphatic rings. The molecule has 0 spiro atoms. The van der Waals surface area contributed by atoms with Crippen LogP contribution in [-0.4, -0.2) is 96.6 Å². The molecular formula is C30H42N6O2. The summed E-state index contributed by atoms with van der Waals surface area (Å²) in [6, 6.07) is 12.0. The lowest BCUT2D eigenvalue weighted by Crippen LogP contribution is -2.49. The van der Waals surface area contributed by atoms with Crippen molar-refractivity contribution in [3.63, 3.8) is 0 Å². The summed E-state index contributed by atoms with van der Waals surface area (Å²) < 4.78 is 5.46. The number of hydrogen-bond acceptors (Lipinski definition) is 7. The number of amides is 1. The van der Waals surface area contributed by atoms with Gasteiger partial charge in [0.1, 0.15) is 11.6 Å². The fourth-order valence-electron chi connectivity index (χ4n) is 5.07. The largest absolute Gasteiger partial charge is 0.497 e. The van der Waals surface area contributed by atoms with E-state index < -0.39 is 0 Å². The van der Waals surface area contributed by atoms with E-state index in [1.165, 1.54) is 6.42 Å². The van der Waals surface area contributed by atoms with Gasteiger partial charge in [0, 0.05) is 55.4 Å². The Morgan fingerprint density at radius 3 is 2.50 bits per heavy atom. The standard InChI is InChI=1S/C30H42N6O2/c1-5-29-31-12-11-27(32-29)24-19-23-9-10-25(38-4)21-26(23)28(20-24)33-30(37)22-36-17-15-35(16-18-36)14-8-13-34(6-2)7-3/h9-12,19-21H,5-8,13-18,22H2,1-4H3,(H,33,37). The third kappa shape index (κ3) is 7.28. The van der Waals surface area contributed by atoms with Crippen LogP contribution in [0.1, 0.15) is 33.0 Å². The molecule has 0 unspecified atom stereocenters. The number of aryl methyl sites for hydroxylation is 1. The van der Waals surface area contributed by atoms with E-state index in [0.717, 1.165) is 98.1 Å². The van der Waals surface area contributed by atoms with Crippen LogP contribution in [0, 0.1) is 0 Å². The maximum absolute atomic E-state index is 13.2. The predicted octanol–water partition coefficient (Wildman–Crippen LogP) is 4.16. The molecule has 1 amide bonds. The number of benzene rings is 2. The summed E-state index contributed by atoms with van der Waals surface area (Å²) in [7, 11) is 1.66. The van der Waals surface area contributed by atoms with Crippen LogP contribution < -0.4 is 10.1 Å². The smallest absolute Gasteiger partial charge is 0.238 e. The molecule has 8 nitrogen and oxygen atoms in total. The van der Waals surface area contributed by atoms with Gasteiger partial charge >= 0.3 is 0 Å². The summed E-state index contributed by atoms with van der Waals surface area (Å²) in [5.41, 5.74) is 2.57. The van der Waals surface area contributed by atoms with Gasteiger partial charge in [-0.3, -0.25) is 9.69 Å². The fraction of sp³-hybridized carbons (Fsp3) is 0.500. The minimum atomic E-state index is -0.00168. The van der Waals surface area contributed by atoms with Crippen molar-refractivity contribution < 1.29 is 9.53 Å². The first-order valence-electron chi connectivity index (χ1n) is 13.9. The van der Waals surface area contributed by atoms with Crippen molar-refractivity contribution in [1.29, 1.82) is 0 Å². The molecule has 2 aromatic carbocycles. The zero-order chi connectivity index (χ0) is 26.9. The molecule has 0 aliphatic carbocycles. The number of rotatable bonds is 12. The van der Waals surface area contributed by atoms with Crippen molar-refractivity contribution in [2.75, 3.05) is 71.3 Å². The first-order valence-corrected chi connectivity index (χ1v) is 13.9.